The summed E-state index contributed by atoms with van der Waals surface area (Å²) in [5.74, 6) is 0.616. The van der Waals surface area contributed by atoms with E-state index < -0.39 is 0 Å². The first-order chi connectivity index (χ1) is 30.2. The van der Waals surface area contributed by atoms with E-state index in [0.29, 0.717) is 5.89 Å². The molecule has 11 aromatic rings. The maximum Gasteiger partial charge on any atom is 0.227 e. The van der Waals surface area contributed by atoms with Gasteiger partial charge in [0.25, 0.3) is 0 Å². The molecule has 290 valence electrons. The summed E-state index contributed by atoms with van der Waals surface area (Å²) < 4.78 is 8.64. The fourth-order valence-electron chi connectivity index (χ4n) is 8.46. The molecular weight excluding hydrogens is 741 g/mol. The molecule has 0 atom stereocenters. The smallest absolute Gasteiger partial charge is 0.227 e. The van der Waals surface area contributed by atoms with Crippen LogP contribution in [-0.2, 0) is 0 Å². The molecule has 3 heteroatoms. The first-order valence-corrected chi connectivity index (χ1v) is 20.7. The predicted octanol–water partition coefficient (Wildman–Crippen LogP) is 16.2. The topological polar surface area (TPSA) is 31.0 Å². The number of oxazole rings is 1. The number of allylic oxidation sites excluding steroid dienone is 3. The van der Waals surface area contributed by atoms with Crippen molar-refractivity contribution in [2.24, 2.45) is 0 Å². The Morgan fingerprint density at radius 1 is 0.459 bits per heavy atom. The molecule has 0 radical (unpaired) electrons. The highest BCUT2D eigenvalue weighted by atomic mass is 16.3. The number of nitrogens with zero attached hydrogens (tertiary/aromatic N) is 2. The maximum absolute atomic E-state index is 6.28. The lowest BCUT2D eigenvalue weighted by molar-refractivity contribution is 0.620. The SMILES string of the molecule is C=C/C=C\C.c1ccc(-c2ccccc2-c2ccc(-n3c4ccccc4c4ccccc43)cc2)c(-c2ccc(-c3nc4cc(-c5ccc6ccccc6c5)ccc4o3)cc2)c1. The lowest BCUT2D eigenvalue weighted by Crippen LogP contribution is -1.94. The van der Waals surface area contributed by atoms with Crippen molar-refractivity contribution in [2.75, 3.05) is 0 Å². The summed E-state index contributed by atoms with van der Waals surface area (Å²) in [6.07, 6.45) is 5.58. The highest BCUT2D eigenvalue weighted by molar-refractivity contribution is 6.09. The van der Waals surface area contributed by atoms with Crippen molar-refractivity contribution in [3.05, 3.63) is 231 Å². The zero-order valence-corrected chi connectivity index (χ0v) is 33.9. The Kier molecular flexibility index (Phi) is 9.98. The Balaban J connectivity index is 0.000000845. The van der Waals surface area contributed by atoms with Crippen molar-refractivity contribution < 1.29 is 4.42 Å². The molecule has 2 heterocycles. The number of hydrogen-bond acceptors (Lipinski definition) is 2. The van der Waals surface area contributed by atoms with Gasteiger partial charge in [0, 0.05) is 22.0 Å². The zero-order valence-electron chi connectivity index (χ0n) is 33.9. The number of para-hydroxylation sites is 2. The summed E-state index contributed by atoms with van der Waals surface area (Å²) in [6.45, 7) is 5.42. The molecule has 0 fully saturated rings. The Bertz CT molecular complexity index is 3330. The Labute approximate surface area is 355 Å². The van der Waals surface area contributed by atoms with E-state index in [1.807, 2.05) is 25.1 Å². The van der Waals surface area contributed by atoms with Gasteiger partial charge in [0.05, 0.1) is 11.0 Å². The monoisotopic (exact) mass is 782 g/mol. The highest BCUT2D eigenvalue weighted by Crippen LogP contribution is 2.40. The molecule has 0 aliphatic carbocycles. The lowest BCUT2D eigenvalue weighted by Gasteiger charge is -2.15. The zero-order chi connectivity index (χ0) is 41.1. The van der Waals surface area contributed by atoms with Crippen LogP contribution in [0.2, 0.25) is 0 Å². The highest BCUT2D eigenvalue weighted by Gasteiger charge is 2.16. The van der Waals surface area contributed by atoms with Crippen LogP contribution in [0.3, 0.4) is 0 Å². The summed E-state index contributed by atoms with van der Waals surface area (Å²) >= 11 is 0. The van der Waals surface area contributed by atoms with E-state index in [2.05, 4.69) is 211 Å². The van der Waals surface area contributed by atoms with Crippen LogP contribution in [0.1, 0.15) is 6.92 Å². The molecule has 0 spiro atoms. The lowest BCUT2D eigenvalue weighted by atomic mass is 9.89. The molecule has 61 heavy (non-hydrogen) atoms. The Morgan fingerprint density at radius 2 is 0.951 bits per heavy atom. The third kappa shape index (κ3) is 7.13. The molecule has 0 bridgehead atoms. The van der Waals surface area contributed by atoms with Gasteiger partial charge >= 0.3 is 0 Å². The average Bonchev–Trinajstić information content (AvgIpc) is 3.91. The third-order valence-corrected chi connectivity index (χ3v) is 11.4. The molecule has 0 N–H and O–H groups in total. The number of fused-ring (bicyclic) bond motifs is 5. The van der Waals surface area contributed by atoms with Gasteiger partial charge in [0.15, 0.2) is 5.58 Å². The van der Waals surface area contributed by atoms with E-state index in [1.54, 1.807) is 6.08 Å². The number of aromatic nitrogens is 2. The summed E-state index contributed by atoms with van der Waals surface area (Å²) in [5, 5.41) is 4.99. The molecule has 0 aliphatic heterocycles. The van der Waals surface area contributed by atoms with Crippen LogP contribution in [0.15, 0.2) is 235 Å². The fraction of sp³-hybridized carbons (Fsp3) is 0.0172. The molecular formula is C58H42N2O. The van der Waals surface area contributed by atoms with Gasteiger partial charge in [-0.05, 0) is 117 Å². The third-order valence-electron chi connectivity index (χ3n) is 11.4. The molecule has 3 nitrogen and oxygen atoms in total. The van der Waals surface area contributed by atoms with Crippen LogP contribution in [0.4, 0.5) is 0 Å². The van der Waals surface area contributed by atoms with Gasteiger partial charge in [-0.25, -0.2) is 4.98 Å². The molecule has 2 aromatic heterocycles. The summed E-state index contributed by atoms with van der Waals surface area (Å²) in [4.78, 5) is 4.93. The summed E-state index contributed by atoms with van der Waals surface area (Å²) in [5.41, 5.74) is 15.5. The molecule has 11 rings (SSSR count). The minimum absolute atomic E-state index is 0.616. The second kappa shape index (κ2) is 16.3. The summed E-state index contributed by atoms with van der Waals surface area (Å²) in [6, 6.07) is 73.5. The number of rotatable bonds is 7. The van der Waals surface area contributed by atoms with Crippen molar-refractivity contribution >= 4 is 43.7 Å². The predicted molar refractivity (Wildman–Crippen MR) is 258 cm³/mol. The number of hydrogen-bond donors (Lipinski definition) is 0. The Hall–Kier alpha value is -8.01. The van der Waals surface area contributed by atoms with Crippen LogP contribution < -0.4 is 0 Å². The van der Waals surface area contributed by atoms with Crippen molar-refractivity contribution in [1.82, 2.24) is 9.55 Å². The average molecular weight is 783 g/mol. The normalized spacial score (nSPS) is 11.4. The van der Waals surface area contributed by atoms with E-state index in [1.165, 1.54) is 60.4 Å². The maximum atomic E-state index is 6.28. The van der Waals surface area contributed by atoms with Gasteiger partial charge in [0.1, 0.15) is 5.52 Å². The molecule has 0 unspecified atom stereocenters. The first-order valence-electron chi connectivity index (χ1n) is 20.7. The van der Waals surface area contributed by atoms with Gasteiger partial charge in [-0.15, -0.1) is 0 Å². The van der Waals surface area contributed by atoms with E-state index in [0.717, 1.165) is 39.0 Å². The number of benzene rings is 9. The molecule has 0 aliphatic rings. The van der Waals surface area contributed by atoms with Crippen LogP contribution in [-0.4, -0.2) is 9.55 Å². The largest absolute Gasteiger partial charge is 0.436 e. The molecule has 0 saturated heterocycles. The van der Waals surface area contributed by atoms with E-state index in [4.69, 9.17) is 9.40 Å². The van der Waals surface area contributed by atoms with Crippen molar-refractivity contribution in [2.45, 2.75) is 6.92 Å². The van der Waals surface area contributed by atoms with Gasteiger partial charge in [-0.1, -0.05) is 176 Å². The second-order valence-corrected chi connectivity index (χ2v) is 15.1. The fourth-order valence-corrected chi connectivity index (χ4v) is 8.46. The van der Waals surface area contributed by atoms with Gasteiger partial charge in [-0.2, -0.15) is 0 Å². The first kappa shape index (κ1) is 37.3. The van der Waals surface area contributed by atoms with E-state index in [-0.39, 0.29) is 0 Å². The van der Waals surface area contributed by atoms with Crippen molar-refractivity contribution in [1.29, 1.82) is 0 Å². The van der Waals surface area contributed by atoms with Gasteiger partial charge in [0.2, 0.25) is 5.89 Å². The van der Waals surface area contributed by atoms with E-state index in [9.17, 15) is 0 Å². The van der Waals surface area contributed by atoms with Gasteiger partial charge < -0.3 is 8.98 Å². The standard InChI is InChI=1S/C53H34N2O.C5H8/c1-2-12-39-33-40(26-21-35(39)11-1)41-29-32-52-49(34-41)54-53(56-52)38-24-22-36(23-25-38)43-13-3-5-15-45(43)46-16-6-4-14-44(46)37-27-30-42(31-28-37)55-50-19-9-7-17-47(50)48-18-8-10-20-51(48)55;1-3-5-4-2/h1-34H;3-5H,1H2,2H3/b;5-4-. The molecule has 9 aromatic carbocycles. The van der Waals surface area contributed by atoms with Gasteiger partial charge in [-0.3, -0.25) is 0 Å². The molecule has 0 amide bonds. The van der Waals surface area contributed by atoms with Crippen LogP contribution in [0.25, 0.3) is 105 Å². The van der Waals surface area contributed by atoms with Crippen LogP contribution in [0, 0.1) is 0 Å². The minimum atomic E-state index is 0.616. The molecule has 0 saturated carbocycles. The van der Waals surface area contributed by atoms with Crippen LogP contribution >= 0.6 is 0 Å². The van der Waals surface area contributed by atoms with Crippen molar-refractivity contribution in [3.8, 4) is 61.6 Å². The van der Waals surface area contributed by atoms with Crippen molar-refractivity contribution in [3.63, 3.8) is 0 Å². The second-order valence-electron chi connectivity index (χ2n) is 15.1. The summed E-state index contributed by atoms with van der Waals surface area (Å²) in [7, 11) is 0. The Morgan fingerprint density at radius 3 is 1.56 bits per heavy atom. The van der Waals surface area contributed by atoms with E-state index >= 15 is 0 Å². The quantitative estimate of drug-likeness (QED) is 0.151. The minimum Gasteiger partial charge on any atom is -0.436 e. The van der Waals surface area contributed by atoms with Crippen LogP contribution in [0.5, 0.6) is 0 Å².